The quantitative estimate of drug-likeness (QED) is 0.892. The Balaban J connectivity index is 1.50. The van der Waals surface area contributed by atoms with E-state index in [-0.39, 0.29) is 23.4 Å². The van der Waals surface area contributed by atoms with Crippen LogP contribution in [-0.4, -0.2) is 52.8 Å². The highest BCUT2D eigenvalue weighted by molar-refractivity contribution is 5.95. The second kappa shape index (κ2) is 6.93. The Morgan fingerprint density at radius 2 is 2.04 bits per heavy atom. The van der Waals surface area contributed by atoms with Gasteiger partial charge in [0.2, 0.25) is 5.91 Å². The van der Waals surface area contributed by atoms with Gasteiger partial charge in [-0.15, -0.1) is 0 Å². The Kier molecular flexibility index (Phi) is 4.57. The van der Waals surface area contributed by atoms with Crippen molar-refractivity contribution in [3.63, 3.8) is 0 Å². The summed E-state index contributed by atoms with van der Waals surface area (Å²) in [6.07, 6.45) is 3.26. The van der Waals surface area contributed by atoms with Gasteiger partial charge in [-0.1, -0.05) is 30.3 Å². The number of carbonyl (C=O) groups excluding carboxylic acids is 2. The lowest BCUT2D eigenvalue weighted by Crippen LogP contribution is -2.38. The highest BCUT2D eigenvalue weighted by Crippen LogP contribution is 2.38. The molecule has 0 radical (unpaired) electrons. The number of rotatable bonds is 3. The van der Waals surface area contributed by atoms with Crippen molar-refractivity contribution in [2.75, 3.05) is 25.5 Å². The number of anilines is 1. The monoisotopic (exact) mass is 378 g/mol. The number of nitrogens with zero attached hydrogens (tertiary/aromatic N) is 3. The molecule has 0 bridgehead atoms. The van der Waals surface area contributed by atoms with E-state index in [0.717, 1.165) is 24.2 Å². The summed E-state index contributed by atoms with van der Waals surface area (Å²) in [6.45, 7) is 4.96. The largest absolute Gasteiger partial charge is 0.360 e. The Hall–Kier alpha value is -2.89. The van der Waals surface area contributed by atoms with Crippen molar-refractivity contribution in [1.82, 2.24) is 14.8 Å². The van der Waals surface area contributed by atoms with Crippen molar-refractivity contribution in [2.24, 2.45) is 0 Å². The molecule has 0 spiro atoms. The van der Waals surface area contributed by atoms with Crippen LogP contribution in [0.1, 0.15) is 41.8 Å². The molecular weight excluding hydrogens is 352 g/mol. The molecule has 146 valence electrons. The van der Waals surface area contributed by atoms with E-state index in [9.17, 15) is 9.59 Å². The predicted molar refractivity (Wildman–Crippen MR) is 108 cm³/mol. The standard InChI is InChI=1S/C22H26N4O2/c1-15(27)25(3)19-9-10-26(14-19)21(28)17-11-16-12-22(2,24-20(16)23-13-17)18-7-5-4-6-8-18/h4-8,11,13,19H,9-10,12,14H2,1-3H3,(H,23,24). The van der Waals surface area contributed by atoms with Crippen molar-refractivity contribution in [3.05, 3.63) is 59.3 Å². The predicted octanol–water partition coefficient (Wildman–Crippen LogP) is 2.66. The fourth-order valence-corrected chi connectivity index (χ4v) is 4.22. The maximum atomic E-state index is 13.0. The first kappa shape index (κ1) is 18.5. The lowest BCUT2D eigenvalue weighted by molar-refractivity contribution is -0.129. The average Bonchev–Trinajstić information content (AvgIpc) is 3.31. The molecule has 2 atom stereocenters. The van der Waals surface area contributed by atoms with Crippen molar-refractivity contribution < 1.29 is 9.59 Å². The summed E-state index contributed by atoms with van der Waals surface area (Å²) < 4.78 is 0. The van der Waals surface area contributed by atoms with Crippen LogP contribution >= 0.6 is 0 Å². The van der Waals surface area contributed by atoms with Gasteiger partial charge in [-0.05, 0) is 30.5 Å². The van der Waals surface area contributed by atoms with Gasteiger partial charge in [0, 0.05) is 39.7 Å². The Labute approximate surface area is 165 Å². The van der Waals surface area contributed by atoms with Crippen LogP contribution < -0.4 is 5.32 Å². The van der Waals surface area contributed by atoms with Crippen molar-refractivity contribution in [3.8, 4) is 0 Å². The molecule has 2 unspecified atom stereocenters. The van der Waals surface area contributed by atoms with Gasteiger partial charge in [0.1, 0.15) is 5.82 Å². The molecule has 0 saturated carbocycles. The summed E-state index contributed by atoms with van der Waals surface area (Å²) in [4.78, 5) is 32.7. The van der Waals surface area contributed by atoms with Crippen LogP contribution in [0.3, 0.4) is 0 Å². The van der Waals surface area contributed by atoms with Gasteiger partial charge in [-0.3, -0.25) is 9.59 Å². The molecule has 2 aromatic rings. The van der Waals surface area contributed by atoms with Crippen LogP contribution in [0.15, 0.2) is 42.6 Å². The summed E-state index contributed by atoms with van der Waals surface area (Å²) in [5.41, 5.74) is 2.66. The van der Waals surface area contributed by atoms with E-state index in [1.165, 1.54) is 5.56 Å². The average molecular weight is 378 g/mol. The first-order valence-electron chi connectivity index (χ1n) is 9.73. The van der Waals surface area contributed by atoms with Crippen LogP contribution in [0.25, 0.3) is 0 Å². The number of aromatic nitrogens is 1. The van der Waals surface area contributed by atoms with E-state index in [2.05, 4.69) is 29.4 Å². The van der Waals surface area contributed by atoms with Crippen LogP contribution in [0.2, 0.25) is 0 Å². The van der Waals surface area contributed by atoms with Crippen LogP contribution in [0, 0.1) is 0 Å². The minimum Gasteiger partial charge on any atom is -0.360 e. The molecule has 2 amide bonds. The van der Waals surface area contributed by atoms with Gasteiger partial charge in [-0.25, -0.2) is 4.98 Å². The number of likely N-dealkylation sites (N-methyl/N-ethyl adjacent to an activating group) is 1. The topological polar surface area (TPSA) is 65.5 Å². The second-order valence-corrected chi connectivity index (χ2v) is 8.06. The number of nitrogens with one attached hydrogen (secondary N) is 1. The fourth-order valence-electron chi connectivity index (χ4n) is 4.22. The summed E-state index contributed by atoms with van der Waals surface area (Å²) in [5, 5.41) is 3.52. The molecule has 2 aliphatic heterocycles. The van der Waals surface area contributed by atoms with E-state index in [1.54, 1.807) is 25.1 Å². The highest BCUT2D eigenvalue weighted by atomic mass is 16.2. The summed E-state index contributed by atoms with van der Waals surface area (Å²) >= 11 is 0. The maximum absolute atomic E-state index is 13.0. The van der Waals surface area contributed by atoms with E-state index in [0.29, 0.717) is 18.7 Å². The van der Waals surface area contributed by atoms with Crippen molar-refractivity contribution >= 4 is 17.6 Å². The third-order valence-corrected chi connectivity index (χ3v) is 6.06. The van der Waals surface area contributed by atoms with Crippen molar-refractivity contribution in [1.29, 1.82) is 0 Å². The van der Waals surface area contributed by atoms with Crippen LogP contribution in [0.4, 0.5) is 5.82 Å². The zero-order valence-corrected chi connectivity index (χ0v) is 16.6. The van der Waals surface area contributed by atoms with Gasteiger partial charge in [0.25, 0.3) is 5.91 Å². The van der Waals surface area contributed by atoms with Crippen LogP contribution in [0.5, 0.6) is 0 Å². The minimum absolute atomic E-state index is 0.0110. The number of carbonyl (C=O) groups is 2. The number of fused-ring (bicyclic) bond motifs is 1. The number of benzene rings is 1. The molecule has 1 aromatic carbocycles. The molecule has 6 heteroatoms. The molecule has 0 aliphatic carbocycles. The molecule has 28 heavy (non-hydrogen) atoms. The molecule has 6 nitrogen and oxygen atoms in total. The SMILES string of the molecule is CC(=O)N(C)C1CCN(C(=O)c2cnc3c(c2)CC(C)(c2ccccc2)N3)C1. The number of pyridine rings is 1. The molecule has 1 fully saturated rings. The number of likely N-dealkylation sites (tertiary alicyclic amines) is 1. The molecule has 2 aliphatic rings. The van der Waals surface area contributed by atoms with Gasteiger partial charge < -0.3 is 15.1 Å². The Morgan fingerprint density at radius 1 is 1.29 bits per heavy atom. The maximum Gasteiger partial charge on any atom is 0.255 e. The molecule has 1 aromatic heterocycles. The lowest BCUT2D eigenvalue weighted by Gasteiger charge is -2.25. The smallest absolute Gasteiger partial charge is 0.255 e. The summed E-state index contributed by atoms with van der Waals surface area (Å²) in [5.74, 6) is 0.867. The molecule has 3 heterocycles. The molecule has 1 saturated heterocycles. The second-order valence-electron chi connectivity index (χ2n) is 8.06. The Morgan fingerprint density at radius 3 is 2.75 bits per heavy atom. The first-order valence-corrected chi connectivity index (χ1v) is 9.73. The van der Waals surface area contributed by atoms with E-state index >= 15 is 0 Å². The minimum atomic E-state index is -0.221. The van der Waals surface area contributed by atoms with E-state index in [4.69, 9.17) is 0 Å². The zero-order valence-electron chi connectivity index (χ0n) is 16.6. The van der Waals surface area contributed by atoms with Gasteiger partial charge >= 0.3 is 0 Å². The number of hydrogen-bond donors (Lipinski definition) is 1. The van der Waals surface area contributed by atoms with E-state index < -0.39 is 0 Å². The zero-order chi connectivity index (χ0) is 19.9. The van der Waals surface area contributed by atoms with Gasteiger partial charge in [-0.2, -0.15) is 0 Å². The van der Waals surface area contributed by atoms with Crippen LogP contribution in [-0.2, 0) is 16.8 Å². The fraction of sp³-hybridized carbons (Fsp3) is 0.409. The van der Waals surface area contributed by atoms with Gasteiger partial charge in [0.05, 0.1) is 17.1 Å². The third-order valence-electron chi connectivity index (χ3n) is 6.06. The van der Waals surface area contributed by atoms with E-state index in [1.807, 2.05) is 29.2 Å². The summed E-state index contributed by atoms with van der Waals surface area (Å²) in [7, 11) is 1.80. The van der Waals surface area contributed by atoms with Gasteiger partial charge in [0.15, 0.2) is 0 Å². The normalized spacial score (nSPS) is 23.2. The summed E-state index contributed by atoms with van der Waals surface area (Å²) in [6, 6.07) is 12.4. The first-order chi connectivity index (χ1) is 13.4. The highest BCUT2D eigenvalue weighted by Gasteiger charge is 2.36. The lowest BCUT2D eigenvalue weighted by atomic mass is 9.89. The van der Waals surface area contributed by atoms with Crippen molar-refractivity contribution in [2.45, 2.75) is 38.3 Å². The third kappa shape index (κ3) is 3.23. The molecule has 4 rings (SSSR count). The Bertz CT molecular complexity index is 914. The number of amides is 2. The number of hydrogen-bond acceptors (Lipinski definition) is 4. The molecule has 1 N–H and O–H groups in total. The molecular formula is C22H26N4O2.